The van der Waals surface area contributed by atoms with E-state index in [0.29, 0.717) is 6.04 Å². The number of unbranched alkanes of at least 4 members (excludes halogenated alkanes) is 3. The van der Waals surface area contributed by atoms with Crippen molar-refractivity contribution in [2.75, 3.05) is 18.6 Å². The van der Waals surface area contributed by atoms with E-state index in [1.54, 1.807) is 16.7 Å². The van der Waals surface area contributed by atoms with Crippen LogP contribution in [0.4, 0.5) is 5.69 Å². The molecule has 1 aliphatic heterocycles. The molecule has 0 saturated heterocycles. The Kier molecular flexibility index (Phi) is 9.86. The summed E-state index contributed by atoms with van der Waals surface area (Å²) in [6, 6.07) is 18.4. The Balaban J connectivity index is 0.00000112. The Morgan fingerprint density at radius 3 is 2.28 bits per heavy atom. The molecule has 0 aromatic heterocycles. The van der Waals surface area contributed by atoms with E-state index < -0.39 is 8.07 Å². The summed E-state index contributed by atoms with van der Waals surface area (Å²) < 4.78 is 5.98. The number of fused-ring (bicyclic) bond motifs is 5. The Bertz CT molecular complexity index is 1140. The molecule has 2 nitrogen and oxygen atoms in total. The van der Waals surface area contributed by atoms with Gasteiger partial charge in [0.15, 0.2) is 0 Å². The lowest BCUT2D eigenvalue weighted by Crippen LogP contribution is -2.37. The molecule has 2 atom stereocenters. The highest BCUT2D eigenvalue weighted by Crippen LogP contribution is 2.61. The van der Waals surface area contributed by atoms with E-state index in [9.17, 15) is 0 Å². The summed E-state index contributed by atoms with van der Waals surface area (Å²) in [6.45, 7) is 16.7. The number of aryl methyl sites for hydroxylation is 1. The molecule has 214 valence electrons. The maximum atomic E-state index is 5.98. The van der Waals surface area contributed by atoms with Crippen LogP contribution in [0.15, 0.2) is 42.5 Å². The predicted octanol–water partition coefficient (Wildman–Crippen LogP) is 10.8. The monoisotopic (exact) mass is 545 g/mol. The zero-order chi connectivity index (χ0) is 28.2. The molecule has 5 rings (SSSR count). The smallest absolute Gasteiger partial charge is 0.0880 e. The quantitative estimate of drug-likeness (QED) is 0.229. The molecule has 1 fully saturated rings. The second kappa shape index (κ2) is 12.8. The van der Waals surface area contributed by atoms with Crippen molar-refractivity contribution >= 4 is 24.5 Å². The summed E-state index contributed by atoms with van der Waals surface area (Å²) in [4.78, 5) is 2.56. The van der Waals surface area contributed by atoms with Crippen molar-refractivity contribution in [3.63, 3.8) is 0 Å². The van der Waals surface area contributed by atoms with Gasteiger partial charge in [0.25, 0.3) is 0 Å². The van der Waals surface area contributed by atoms with Crippen LogP contribution in [0.25, 0.3) is 10.8 Å². The standard InChI is InChI=1S/C33H47NOSi.C3H8/c1-24-19-20-29-28(23-24)30-31(34(29)5)26-17-11-12-18-27(26)32(30)36(6,25-15-9-10-16-25)22-14-8-7-13-21-35-33(2,3)4;1-3-2/h11-12,17-20,23,25,31H,7-10,13-16,21-22H2,1-6H3;3H2,1-2H3. The third kappa shape index (κ3) is 6.40. The topological polar surface area (TPSA) is 12.5 Å². The molecule has 1 heterocycles. The number of rotatable bonds is 9. The Hall–Kier alpha value is -1.84. The SMILES string of the molecule is CCC.Cc1ccc2c(c1)C1=C([Si](C)(CCCCCCOC(C)(C)C)C3CCCC3)c3ccccc3C1N2C. The Morgan fingerprint density at radius 2 is 1.59 bits per heavy atom. The Morgan fingerprint density at radius 1 is 0.923 bits per heavy atom. The fraction of sp³-hybridized carbons (Fsp3) is 0.611. The van der Waals surface area contributed by atoms with Crippen LogP contribution in [0, 0.1) is 6.92 Å². The first-order chi connectivity index (χ1) is 18.6. The molecular formula is C36H55NOSi. The molecule has 2 unspecified atom stereocenters. The maximum Gasteiger partial charge on any atom is 0.0880 e. The van der Waals surface area contributed by atoms with Crippen LogP contribution in [0.3, 0.4) is 0 Å². The Labute approximate surface area is 241 Å². The van der Waals surface area contributed by atoms with Crippen LogP contribution in [0.2, 0.25) is 18.1 Å². The molecule has 2 aromatic carbocycles. The van der Waals surface area contributed by atoms with Gasteiger partial charge >= 0.3 is 0 Å². The number of ether oxygens (including phenoxy) is 1. The molecule has 3 heteroatoms. The molecule has 2 aromatic rings. The first kappa shape index (κ1) is 30.1. The van der Waals surface area contributed by atoms with Crippen LogP contribution in [-0.4, -0.2) is 27.3 Å². The van der Waals surface area contributed by atoms with Crippen molar-refractivity contribution in [2.45, 2.75) is 129 Å². The average molecular weight is 546 g/mol. The molecule has 0 N–H and O–H groups in total. The summed E-state index contributed by atoms with van der Waals surface area (Å²) in [5.74, 6) is 0. The van der Waals surface area contributed by atoms with Crippen molar-refractivity contribution in [1.82, 2.24) is 0 Å². The van der Waals surface area contributed by atoms with Crippen molar-refractivity contribution in [3.05, 3.63) is 64.7 Å². The molecule has 0 radical (unpaired) electrons. The van der Waals surface area contributed by atoms with Crippen molar-refractivity contribution in [3.8, 4) is 0 Å². The van der Waals surface area contributed by atoms with E-state index in [-0.39, 0.29) is 5.60 Å². The summed E-state index contributed by atoms with van der Waals surface area (Å²) in [6.07, 6.45) is 12.2. The van der Waals surface area contributed by atoms with Crippen molar-refractivity contribution in [1.29, 1.82) is 0 Å². The van der Waals surface area contributed by atoms with Crippen LogP contribution in [0.1, 0.15) is 121 Å². The zero-order valence-corrected chi connectivity index (χ0v) is 27.3. The first-order valence-corrected chi connectivity index (χ1v) is 18.7. The minimum atomic E-state index is -1.71. The van der Waals surface area contributed by atoms with Gasteiger partial charge in [0.05, 0.1) is 19.7 Å². The van der Waals surface area contributed by atoms with Gasteiger partial charge in [-0.1, -0.05) is 114 Å². The van der Waals surface area contributed by atoms with Gasteiger partial charge in [-0.15, -0.1) is 0 Å². The number of hydrogen-bond acceptors (Lipinski definition) is 2. The third-order valence-corrected chi connectivity index (χ3v) is 14.7. The number of nitrogens with zero attached hydrogens (tertiary/aromatic N) is 1. The highest BCUT2D eigenvalue weighted by atomic mass is 28.3. The third-order valence-electron chi connectivity index (χ3n) is 9.23. The molecular weight excluding hydrogens is 490 g/mol. The van der Waals surface area contributed by atoms with Gasteiger partial charge in [0, 0.05) is 24.9 Å². The van der Waals surface area contributed by atoms with E-state index in [4.69, 9.17) is 4.74 Å². The number of likely N-dealkylation sites (N-methyl/N-ethyl adjacent to an activating group) is 1. The normalized spacial score (nSPS) is 19.9. The number of hydrogen-bond donors (Lipinski definition) is 0. The molecule has 0 spiro atoms. The van der Waals surface area contributed by atoms with Crippen LogP contribution < -0.4 is 4.90 Å². The van der Waals surface area contributed by atoms with Gasteiger partial charge in [-0.2, -0.15) is 0 Å². The second-order valence-electron chi connectivity index (χ2n) is 13.6. The summed E-state index contributed by atoms with van der Waals surface area (Å²) in [5.41, 5.74) is 10.1. The van der Waals surface area contributed by atoms with Gasteiger partial charge in [-0.25, -0.2) is 0 Å². The van der Waals surface area contributed by atoms with Crippen molar-refractivity contribution in [2.24, 2.45) is 0 Å². The first-order valence-electron chi connectivity index (χ1n) is 15.9. The van der Waals surface area contributed by atoms with Gasteiger partial charge in [-0.05, 0) is 73.7 Å². The average Bonchev–Trinajstić information content (AvgIpc) is 3.60. The highest BCUT2D eigenvalue weighted by molar-refractivity contribution is 6.98. The number of anilines is 1. The van der Waals surface area contributed by atoms with E-state index in [1.165, 1.54) is 80.6 Å². The van der Waals surface area contributed by atoms with Crippen LogP contribution in [0.5, 0.6) is 0 Å². The van der Waals surface area contributed by atoms with Crippen LogP contribution >= 0.6 is 0 Å². The number of benzene rings is 2. The van der Waals surface area contributed by atoms with Gasteiger partial charge in [0.2, 0.25) is 0 Å². The van der Waals surface area contributed by atoms with Gasteiger partial charge in [0.1, 0.15) is 0 Å². The second-order valence-corrected chi connectivity index (χ2v) is 18.3. The summed E-state index contributed by atoms with van der Waals surface area (Å²) in [5, 5.41) is 1.82. The molecule has 3 aliphatic rings. The van der Waals surface area contributed by atoms with Gasteiger partial charge < -0.3 is 9.64 Å². The molecule has 0 bridgehead atoms. The molecule has 0 amide bonds. The highest BCUT2D eigenvalue weighted by Gasteiger charge is 2.50. The minimum Gasteiger partial charge on any atom is -0.376 e. The fourth-order valence-corrected chi connectivity index (χ4v) is 12.9. The lowest BCUT2D eigenvalue weighted by molar-refractivity contribution is -0.00471. The van der Waals surface area contributed by atoms with Gasteiger partial charge in [-0.3, -0.25) is 0 Å². The summed E-state index contributed by atoms with van der Waals surface area (Å²) in [7, 11) is 0.607. The largest absolute Gasteiger partial charge is 0.376 e. The van der Waals surface area contributed by atoms with E-state index in [2.05, 4.69) is 103 Å². The van der Waals surface area contributed by atoms with E-state index >= 15 is 0 Å². The van der Waals surface area contributed by atoms with Crippen LogP contribution in [-0.2, 0) is 4.74 Å². The lowest BCUT2D eigenvalue weighted by atomic mass is 10.0. The molecule has 1 saturated carbocycles. The maximum absolute atomic E-state index is 5.98. The lowest BCUT2D eigenvalue weighted by Gasteiger charge is -2.37. The minimum absolute atomic E-state index is 0.0166. The van der Waals surface area contributed by atoms with E-state index in [0.717, 1.165) is 12.1 Å². The van der Waals surface area contributed by atoms with Crippen molar-refractivity contribution < 1.29 is 4.74 Å². The fourth-order valence-electron chi connectivity index (χ4n) is 7.43. The van der Waals surface area contributed by atoms with E-state index in [1.807, 2.05) is 5.20 Å². The molecule has 39 heavy (non-hydrogen) atoms. The predicted molar refractivity (Wildman–Crippen MR) is 174 cm³/mol. The summed E-state index contributed by atoms with van der Waals surface area (Å²) >= 11 is 0. The molecule has 2 aliphatic carbocycles. The zero-order valence-electron chi connectivity index (χ0n) is 26.3.